The summed E-state index contributed by atoms with van der Waals surface area (Å²) in [5.41, 5.74) is 2.77. The SMILES string of the molecule is CCOc1ccc(-c2nn(-c3ccccc3)cc2/C=C(\C#N)C(=O)NCCCOC)cc1Cl. The molecule has 0 aliphatic rings. The van der Waals surface area contributed by atoms with Gasteiger partial charge in [-0.2, -0.15) is 10.4 Å². The van der Waals surface area contributed by atoms with E-state index in [1.54, 1.807) is 30.1 Å². The molecule has 2 aromatic carbocycles. The normalized spacial score (nSPS) is 11.2. The second-order valence-electron chi connectivity index (χ2n) is 7.06. The van der Waals surface area contributed by atoms with E-state index >= 15 is 0 Å². The lowest BCUT2D eigenvalue weighted by Gasteiger charge is -2.07. The van der Waals surface area contributed by atoms with Gasteiger partial charge in [0.15, 0.2) is 0 Å². The molecule has 3 rings (SSSR count). The molecular weight excluding hydrogens is 440 g/mol. The van der Waals surface area contributed by atoms with Crippen LogP contribution in [0.1, 0.15) is 18.9 Å². The number of aromatic nitrogens is 2. The molecule has 170 valence electrons. The van der Waals surface area contributed by atoms with E-state index in [1.807, 2.05) is 49.4 Å². The molecule has 0 fully saturated rings. The predicted octanol–water partition coefficient (Wildman–Crippen LogP) is 4.65. The molecule has 0 aliphatic heterocycles. The minimum Gasteiger partial charge on any atom is -0.492 e. The number of nitrogens with one attached hydrogen (secondary N) is 1. The highest BCUT2D eigenvalue weighted by Gasteiger charge is 2.16. The fourth-order valence-electron chi connectivity index (χ4n) is 3.17. The van der Waals surface area contributed by atoms with Crippen molar-refractivity contribution in [1.82, 2.24) is 15.1 Å². The highest BCUT2D eigenvalue weighted by molar-refractivity contribution is 6.32. The van der Waals surface area contributed by atoms with E-state index in [2.05, 4.69) is 5.32 Å². The van der Waals surface area contributed by atoms with Crippen LogP contribution in [0.3, 0.4) is 0 Å². The maximum Gasteiger partial charge on any atom is 0.261 e. The molecule has 0 atom stereocenters. The zero-order chi connectivity index (χ0) is 23.6. The van der Waals surface area contributed by atoms with E-state index in [-0.39, 0.29) is 5.57 Å². The topological polar surface area (TPSA) is 89.2 Å². The number of amides is 1. The first-order valence-corrected chi connectivity index (χ1v) is 10.9. The number of rotatable bonds is 10. The van der Waals surface area contributed by atoms with E-state index in [9.17, 15) is 10.1 Å². The van der Waals surface area contributed by atoms with Gasteiger partial charge in [0.1, 0.15) is 23.1 Å². The van der Waals surface area contributed by atoms with Crippen molar-refractivity contribution < 1.29 is 14.3 Å². The number of para-hydroxylation sites is 1. The second kappa shape index (κ2) is 11.9. The molecule has 8 heteroatoms. The van der Waals surface area contributed by atoms with E-state index in [4.69, 9.17) is 26.2 Å². The van der Waals surface area contributed by atoms with Crippen LogP contribution in [0, 0.1) is 11.3 Å². The Kier molecular flexibility index (Phi) is 8.64. The predicted molar refractivity (Wildman–Crippen MR) is 128 cm³/mol. The summed E-state index contributed by atoms with van der Waals surface area (Å²) in [5, 5.41) is 17.5. The van der Waals surface area contributed by atoms with E-state index in [0.717, 1.165) is 11.3 Å². The number of methoxy groups -OCH3 is 1. The Bertz CT molecular complexity index is 1170. The largest absolute Gasteiger partial charge is 0.492 e. The van der Waals surface area contributed by atoms with Gasteiger partial charge >= 0.3 is 0 Å². The van der Waals surface area contributed by atoms with Gasteiger partial charge in [-0.05, 0) is 49.8 Å². The second-order valence-corrected chi connectivity index (χ2v) is 7.47. The average molecular weight is 465 g/mol. The van der Waals surface area contributed by atoms with E-state index in [0.29, 0.717) is 48.2 Å². The monoisotopic (exact) mass is 464 g/mol. The molecule has 0 aliphatic carbocycles. The van der Waals surface area contributed by atoms with Gasteiger partial charge in [-0.3, -0.25) is 4.79 Å². The highest BCUT2D eigenvalue weighted by atomic mass is 35.5. The maximum absolute atomic E-state index is 12.5. The van der Waals surface area contributed by atoms with Crippen molar-refractivity contribution in [3.05, 3.63) is 70.9 Å². The summed E-state index contributed by atoms with van der Waals surface area (Å²) in [6, 6.07) is 17.0. The maximum atomic E-state index is 12.5. The molecule has 0 radical (unpaired) electrons. The summed E-state index contributed by atoms with van der Waals surface area (Å²) in [6.07, 6.45) is 3.98. The molecule has 0 spiro atoms. The first-order valence-electron chi connectivity index (χ1n) is 10.5. The number of halogens is 1. The lowest BCUT2D eigenvalue weighted by atomic mass is 10.1. The third-order valence-corrected chi connectivity index (χ3v) is 5.04. The highest BCUT2D eigenvalue weighted by Crippen LogP contribution is 2.32. The molecule has 1 heterocycles. The molecule has 0 saturated carbocycles. The molecule has 1 N–H and O–H groups in total. The molecule has 1 amide bonds. The third-order valence-electron chi connectivity index (χ3n) is 4.74. The number of nitrogens with zero attached hydrogens (tertiary/aromatic N) is 3. The van der Waals surface area contributed by atoms with Crippen LogP contribution in [-0.4, -0.2) is 42.6 Å². The lowest BCUT2D eigenvalue weighted by molar-refractivity contribution is -0.117. The van der Waals surface area contributed by atoms with Crippen molar-refractivity contribution in [1.29, 1.82) is 5.26 Å². The van der Waals surface area contributed by atoms with Gasteiger partial charge in [-0.15, -0.1) is 0 Å². The zero-order valence-corrected chi connectivity index (χ0v) is 19.3. The minimum absolute atomic E-state index is 0.0155. The first-order chi connectivity index (χ1) is 16.1. The van der Waals surface area contributed by atoms with Crippen LogP contribution in [-0.2, 0) is 9.53 Å². The van der Waals surface area contributed by atoms with Crippen LogP contribution in [0.15, 0.2) is 60.3 Å². The third kappa shape index (κ3) is 6.22. The Labute approximate surface area is 198 Å². The number of hydrogen-bond donors (Lipinski definition) is 1. The smallest absolute Gasteiger partial charge is 0.261 e. The Morgan fingerprint density at radius 1 is 1.27 bits per heavy atom. The number of ether oxygens (including phenoxy) is 2. The quantitative estimate of drug-likeness (QED) is 0.268. The van der Waals surface area contributed by atoms with Crippen LogP contribution in [0.5, 0.6) is 5.75 Å². The number of benzene rings is 2. The summed E-state index contributed by atoms with van der Waals surface area (Å²) in [6.45, 7) is 3.33. The van der Waals surface area contributed by atoms with Crippen molar-refractivity contribution in [2.24, 2.45) is 0 Å². The van der Waals surface area contributed by atoms with Crippen LogP contribution in [0.4, 0.5) is 0 Å². The molecule has 0 bridgehead atoms. The molecular formula is C25H25ClN4O3. The molecule has 3 aromatic rings. The summed E-state index contributed by atoms with van der Waals surface area (Å²) >= 11 is 6.40. The number of carbonyl (C=O) groups excluding carboxylic acids is 1. The van der Waals surface area contributed by atoms with E-state index < -0.39 is 5.91 Å². The summed E-state index contributed by atoms with van der Waals surface area (Å²) in [4.78, 5) is 12.5. The fraction of sp³-hybridized carbons (Fsp3) is 0.240. The Balaban J connectivity index is 2.01. The van der Waals surface area contributed by atoms with Gasteiger partial charge in [0.05, 0.1) is 17.3 Å². The van der Waals surface area contributed by atoms with Crippen LogP contribution >= 0.6 is 11.6 Å². The summed E-state index contributed by atoms with van der Waals surface area (Å²) in [7, 11) is 1.60. The van der Waals surface area contributed by atoms with Gasteiger partial charge < -0.3 is 14.8 Å². The summed E-state index contributed by atoms with van der Waals surface area (Å²) in [5.74, 6) is 0.132. The van der Waals surface area contributed by atoms with Crippen molar-refractivity contribution >= 4 is 23.6 Å². The molecule has 33 heavy (non-hydrogen) atoms. The molecule has 1 aromatic heterocycles. The van der Waals surface area contributed by atoms with Gasteiger partial charge in [-0.25, -0.2) is 4.68 Å². The van der Waals surface area contributed by atoms with Crippen molar-refractivity contribution in [3.63, 3.8) is 0 Å². The van der Waals surface area contributed by atoms with Gasteiger partial charge in [0.25, 0.3) is 5.91 Å². The van der Waals surface area contributed by atoms with Crippen LogP contribution < -0.4 is 10.1 Å². The van der Waals surface area contributed by atoms with Gasteiger partial charge in [-0.1, -0.05) is 29.8 Å². The fourth-order valence-corrected chi connectivity index (χ4v) is 3.40. The van der Waals surface area contributed by atoms with Gasteiger partial charge in [0, 0.05) is 37.6 Å². The first kappa shape index (κ1) is 24.1. The minimum atomic E-state index is -0.447. The molecule has 0 unspecified atom stereocenters. The van der Waals surface area contributed by atoms with Crippen molar-refractivity contribution in [2.45, 2.75) is 13.3 Å². The Morgan fingerprint density at radius 3 is 2.73 bits per heavy atom. The van der Waals surface area contributed by atoms with Gasteiger partial charge in [0.2, 0.25) is 0 Å². The van der Waals surface area contributed by atoms with E-state index in [1.165, 1.54) is 6.08 Å². The zero-order valence-electron chi connectivity index (χ0n) is 18.5. The Morgan fingerprint density at radius 2 is 2.06 bits per heavy atom. The number of hydrogen-bond acceptors (Lipinski definition) is 5. The molecule has 7 nitrogen and oxygen atoms in total. The molecule has 0 saturated heterocycles. The van der Waals surface area contributed by atoms with Crippen molar-refractivity contribution in [3.8, 4) is 28.8 Å². The summed E-state index contributed by atoms with van der Waals surface area (Å²) < 4.78 is 12.2. The van der Waals surface area contributed by atoms with Crippen LogP contribution in [0.2, 0.25) is 5.02 Å². The number of nitriles is 1. The average Bonchev–Trinajstić information content (AvgIpc) is 3.26. The standard InChI is InChI=1S/C25H25ClN4O3/c1-3-33-23-11-10-18(15-22(23)26)24-20(17-30(29-24)21-8-5-4-6-9-21)14-19(16-27)25(31)28-12-7-13-32-2/h4-6,8-11,14-15,17H,3,7,12-13H2,1-2H3,(H,28,31)/b19-14+. The Hall–Kier alpha value is -3.60. The van der Waals surface area contributed by atoms with Crippen molar-refractivity contribution in [2.75, 3.05) is 26.9 Å². The van der Waals surface area contributed by atoms with Crippen LogP contribution in [0.25, 0.3) is 23.0 Å². The number of carbonyl (C=O) groups is 1. The lowest BCUT2D eigenvalue weighted by Crippen LogP contribution is -2.26.